The van der Waals surface area contributed by atoms with Gasteiger partial charge in [-0.25, -0.2) is 4.79 Å². The van der Waals surface area contributed by atoms with Gasteiger partial charge in [0.05, 0.1) is 0 Å². The lowest BCUT2D eigenvalue weighted by atomic mass is 10.1. The highest BCUT2D eigenvalue weighted by atomic mass is 127. The van der Waals surface area contributed by atoms with Crippen LogP contribution in [0.25, 0.3) is 0 Å². The van der Waals surface area contributed by atoms with Crippen LogP contribution in [0, 0.1) is 6.92 Å². The summed E-state index contributed by atoms with van der Waals surface area (Å²) in [6.45, 7) is 1.85. The van der Waals surface area contributed by atoms with E-state index in [1.807, 2.05) is 49.4 Å². The van der Waals surface area contributed by atoms with E-state index in [1.165, 1.54) is 0 Å². The number of hydrogen-bond acceptors (Lipinski definition) is 3. The number of halogens is 1. The van der Waals surface area contributed by atoms with E-state index in [0.717, 1.165) is 5.56 Å². The molecule has 0 N–H and O–H groups in total. The van der Waals surface area contributed by atoms with Crippen molar-refractivity contribution in [2.75, 3.05) is 0 Å². The van der Waals surface area contributed by atoms with Gasteiger partial charge in [-0.05, 0) is 30.7 Å². The quantitative estimate of drug-likeness (QED) is 0.772. The Morgan fingerprint density at radius 1 is 1.06 bits per heavy atom. The summed E-state index contributed by atoms with van der Waals surface area (Å²) in [6, 6.07) is 14.8. The number of rotatable bonds is 3. The first-order chi connectivity index (χ1) is 8.72. The molecule has 0 aliphatic heterocycles. The fourth-order valence-electron chi connectivity index (χ4n) is 1.64. The van der Waals surface area contributed by atoms with Crippen LogP contribution in [0.4, 0.5) is 0 Å². The second-order valence-electron chi connectivity index (χ2n) is 3.73. The van der Waals surface area contributed by atoms with E-state index < -0.39 is 5.97 Å². The summed E-state index contributed by atoms with van der Waals surface area (Å²) < 4.78 is 10.5. The molecule has 3 nitrogen and oxygen atoms in total. The smallest absolute Gasteiger partial charge is 0.351 e. The van der Waals surface area contributed by atoms with Crippen molar-refractivity contribution in [2.24, 2.45) is 0 Å². The van der Waals surface area contributed by atoms with Crippen LogP contribution in [0.15, 0.2) is 48.5 Å². The molecule has 0 spiro atoms. The largest absolute Gasteiger partial charge is 0.456 e. The molecule has 0 heterocycles. The lowest BCUT2D eigenvalue weighted by molar-refractivity contribution is 0.0797. The highest BCUT2D eigenvalue weighted by molar-refractivity contribution is 14.1. The standard InChI is InChI=1S/C14H11IO3/c1-10-6-5-9-12(13(10)14(16)18-15)17-11-7-3-2-4-8-11/h2-9H,1H3. The molecule has 0 amide bonds. The average molecular weight is 354 g/mol. The molecule has 2 rings (SSSR count). The van der Waals surface area contributed by atoms with E-state index in [-0.39, 0.29) is 0 Å². The number of ether oxygens (including phenoxy) is 1. The topological polar surface area (TPSA) is 35.5 Å². The second kappa shape index (κ2) is 5.86. The second-order valence-corrected chi connectivity index (χ2v) is 4.17. The van der Waals surface area contributed by atoms with E-state index >= 15 is 0 Å². The van der Waals surface area contributed by atoms with Crippen molar-refractivity contribution in [3.05, 3.63) is 59.7 Å². The number of benzene rings is 2. The van der Waals surface area contributed by atoms with Crippen LogP contribution >= 0.6 is 23.0 Å². The molecule has 18 heavy (non-hydrogen) atoms. The van der Waals surface area contributed by atoms with Crippen LogP contribution in [-0.4, -0.2) is 5.97 Å². The number of carbonyl (C=O) groups excluding carboxylic acids is 1. The molecule has 0 atom stereocenters. The lowest BCUT2D eigenvalue weighted by Gasteiger charge is -2.11. The van der Waals surface area contributed by atoms with E-state index in [9.17, 15) is 4.79 Å². The van der Waals surface area contributed by atoms with Crippen LogP contribution in [0.1, 0.15) is 15.9 Å². The Bertz CT molecular complexity index is 552. The summed E-state index contributed by atoms with van der Waals surface area (Å²) in [7, 11) is 0. The zero-order chi connectivity index (χ0) is 13.0. The number of carbonyl (C=O) groups is 1. The highest BCUT2D eigenvalue weighted by Gasteiger charge is 2.16. The lowest BCUT2D eigenvalue weighted by Crippen LogP contribution is -2.03. The molecule has 2 aromatic rings. The van der Waals surface area contributed by atoms with Crippen LogP contribution < -0.4 is 4.74 Å². The van der Waals surface area contributed by atoms with Gasteiger partial charge in [-0.1, -0.05) is 30.3 Å². The zero-order valence-electron chi connectivity index (χ0n) is 9.72. The Morgan fingerprint density at radius 2 is 1.78 bits per heavy atom. The fourth-order valence-corrected chi connectivity index (χ4v) is 1.86. The normalized spacial score (nSPS) is 9.89. The van der Waals surface area contributed by atoms with Crippen LogP contribution in [0.2, 0.25) is 0 Å². The van der Waals surface area contributed by atoms with Crippen molar-refractivity contribution in [1.82, 2.24) is 0 Å². The summed E-state index contributed by atoms with van der Waals surface area (Å²) in [6.07, 6.45) is 0. The maximum atomic E-state index is 11.7. The molecular formula is C14H11IO3. The monoisotopic (exact) mass is 354 g/mol. The van der Waals surface area contributed by atoms with Gasteiger partial charge in [0.1, 0.15) is 17.1 Å². The maximum absolute atomic E-state index is 11.7. The van der Waals surface area contributed by atoms with Crippen molar-refractivity contribution in [3.8, 4) is 11.5 Å². The highest BCUT2D eigenvalue weighted by Crippen LogP contribution is 2.28. The first-order valence-electron chi connectivity index (χ1n) is 5.38. The summed E-state index contributed by atoms with van der Waals surface area (Å²) in [4.78, 5) is 11.7. The van der Waals surface area contributed by atoms with Crippen molar-refractivity contribution in [3.63, 3.8) is 0 Å². The van der Waals surface area contributed by atoms with Gasteiger partial charge in [0.15, 0.2) is 23.0 Å². The van der Waals surface area contributed by atoms with E-state index in [4.69, 9.17) is 7.80 Å². The molecule has 0 fully saturated rings. The van der Waals surface area contributed by atoms with E-state index in [2.05, 4.69) is 0 Å². The molecular weight excluding hydrogens is 343 g/mol. The summed E-state index contributed by atoms with van der Waals surface area (Å²) in [5.41, 5.74) is 1.28. The van der Waals surface area contributed by atoms with Gasteiger partial charge < -0.3 is 7.80 Å². The van der Waals surface area contributed by atoms with Crippen molar-refractivity contribution < 1.29 is 12.6 Å². The first-order valence-corrected chi connectivity index (χ1v) is 6.26. The van der Waals surface area contributed by atoms with Crippen LogP contribution in [0.3, 0.4) is 0 Å². The molecule has 0 aromatic heterocycles. The predicted molar refractivity (Wildman–Crippen MR) is 77.1 cm³/mol. The van der Waals surface area contributed by atoms with Gasteiger partial charge in [-0.2, -0.15) is 0 Å². The van der Waals surface area contributed by atoms with Crippen LogP contribution in [0.5, 0.6) is 11.5 Å². The molecule has 0 unspecified atom stereocenters. The predicted octanol–water partition coefficient (Wildman–Crippen LogP) is 4.29. The van der Waals surface area contributed by atoms with Gasteiger partial charge in [-0.15, -0.1) is 0 Å². The molecule has 0 aliphatic carbocycles. The Labute approximate surface area is 119 Å². The van der Waals surface area contributed by atoms with Gasteiger partial charge in [0, 0.05) is 0 Å². The molecule has 4 heteroatoms. The number of aryl methyl sites for hydroxylation is 1. The molecule has 2 aromatic carbocycles. The SMILES string of the molecule is Cc1cccc(Oc2ccccc2)c1C(=O)OI. The van der Waals surface area contributed by atoms with E-state index in [0.29, 0.717) is 17.1 Å². The number of para-hydroxylation sites is 1. The summed E-state index contributed by atoms with van der Waals surface area (Å²) in [5.74, 6) is 0.785. The first kappa shape index (κ1) is 12.9. The molecule has 0 bridgehead atoms. The van der Waals surface area contributed by atoms with Crippen molar-refractivity contribution in [1.29, 1.82) is 0 Å². The fraction of sp³-hybridized carbons (Fsp3) is 0.0714. The minimum Gasteiger partial charge on any atom is -0.456 e. The molecule has 0 saturated carbocycles. The van der Waals surface area contributed by atoms with E-state index in [1.54, 1.807) is 29.1 Å². The molecule has 0 saturated heterocycles. The third-order valence-corrected chi connectivity index (χ3v) is 2.88. The molecule has 92 valence electrons. The van der Waals surface area contributed by atoms with Gasteiger partial charge in [0.25, 0.3) is 0 Å². The maximum Gasteiger partial charge on any atom is 0.351 e. The third kappa shape index (κ3) is 2.81. The summed E-state index contributed by atoms with van der Waals surface area (Å²) >= 11 is 1.58. The van der Waals surface area contributed by atoms with Gasteiger partial charge in [-0.3, -0.25) is 0 Å². The van der Waals surface area contributed by atoms with Gasteiger partial charge >= 0.3 is 5.97 Å². The molecule has 0 radical (unpaired) electrons. The Morgan fingerprint density at radius 3 is 2.44 bits per heavy atom. The third-order valence-electron chi connectivity index (χ3n) is 2.48. The Balaban J connectivity index is 2.39. The number of hydrogen-bond donors (Lipinski definition) is 0. The summed E-state index contributed by atoms with van der Waals surface area (Å²) in [5, 5.41) is 0. The molecule has 0 aliphatic rings. The minimum atomic E-state index is -0.403. The Hall–Kier alpha value is -1.56. The Kier molecular flexibility index (Phi) is 4.19. The van der Waals surface area contributed by atoms with Crippen molar-refractivity contribution >= 4 is 29.0 Å². The van der Waals surface area contributed by atoms with Crippen LogP contribution in [-0.2, 0) is 3.07 Å². The van der Waals surface area contributed by atoms with Crippen molar-refractivity contribution in [2.45, 2.75) is 6.92 Å². The zero-order valence-corrected chi connectivity index (χ0v) is 11.9. The van der Waals surface area contributed by atoms with Gasteiger partial charge in [0.2, 0.25) is 0 Å². The minimum absolute atomic E-state index is 0.403. The average Bonchev–Trinajstić information content (AvgIpc) is 2.39.